The summed E-state index contributed by atoms with van der Waals surface area (Å²) in [5.74, 6) is -0.324. The molecular formula is C26H23NO4S. The highest BCUT2D eigenvalue weighted by molar-refractivity contribution is 7.90. The molecule has 0 N–H and O–H groups in total. The number of aryl methyl sites for hydroxylation is 1. The first kappa shape index (κ1) is 21.6. The van der Waals surface area contributed by atoms with Crippen molar-refractivity contribution in [1.82, 2.24) is 0 Å². The second kappa shape index (κ2) is 9.24. The predicted octanol–water partition coefficient (Wildman–Crippen LogP) is 5.41. The molecule has 0 radical (unpaired) electrons. The van der Waals surface area contributed by atoms with Gasteiger partial charge in [0.05, 0.1) is 11.4 Å². The molecule has 0 aliphatic carbocycles. The fourth-order valence-corrected chi connectivity index (χ4v) is 4.64. The third-order valence-electron chi connectivity index (χ3n) is 5.08. The molecule has 0 bridgehead atoms. The number of rotatable bonds is 7. The van der Waals surface area contributed by atoms with Crippen LogP contribution < -0.4 is 4.90 Å². The molecule has 0 fully saturated rings. The minimum atomic E-state index is -3.57. The van der Waals surface area contributed by atoms with Crippen LogP contribution in [0.1, 0.15) is 27.4 Å². The Morgan fingerprint density at radius 2 is 1.44 bits per heavy atom. The fraction of sp³-hybridized carbons (Fsp3) is 0.115. The lowest BCUT2D eigenvalue weighted by molar-refractivity contribution is 0.0957. The maximum Gasteiger partial charge on any atom is 0.294 e. The monoisotopic (exact) mass is 445 g/mol. The molecule has 1 amide bonds. The number of anilines is 1. The van der Waals surface area contributed by atoms with Gasteiger partial charge in [-0.25, -0.2) is 8.42 Å². The lowest BCUT2D eigenvalue weighted by Gasteiger charge is -2.22. The van der Waals surface area contributed by atoms with Crippen molar-refractivity contribution in [3.8, 4) is 0 Å². The second-order valence-corrected chi connectivity index (χ2v) is 9.54. The van der Waals surface area contributed by atoms with Gasteiger partial charge in [0.2, 0.25) is 0 Å². The van der Waals surface area contributed by atoms with Gasteiger partial charge in [-0.2, -0.15) is 0 Å². The molecule has 32 heavy (non-hydrogen) atoms. The average molecular weight is 446 g/mol. The molecule has 3 aromatic carbocycles. The number of nitrogens with zero attached hydrogens (tertiary/aromatic N) is 1. The summed E-state index contributed by atoms with van der Waals surface area (Å²) in [5.41, 5.74) is 2.80. The van der Waals surface area contributed by atoms with Crippen molar-refractivity contribution in [2.75, 3.05) is 4.90 Å². The molecule has 1 heterocycles. The average Bonchev–Trinajstić information content (AvgIpc) is 3.27. The molecule has 0 aliphatic heterocycles. The molecule has 162 valence electrons. The van der Waals surface area contributed by atoms with Crippen LogP contribution in [0, 0.1) is 6.92 Å². The Hall–Kier alpha value is -3.64. The summed E-state index contributed by atoms with van der Waals surface area (Å²) in [6.45, 7) is 2.35. The minimum Gasteiger partial charge on any atom is -0.455 e. The summed E-state index contributed by atoms with van der Waals surface area (Å²) in [6.07, 6.45) is 0. The van der Waals surface area contributed by atoms with Crippen LogP contribution in [-0.2, 0) is 22.1 Å². The number of benzene rings is 3. The van der Waals surface area contributed by atoms with E-state index in [-0.39, 0.29) is 28.1 Å². The summed E-state index contributed by atoms with van der Waals surface area (Å²) in [4.78, 5) is 15.2. The van der Waals surface area contributed by atoms with E-state index >= 15 is 0 Å². The van der Waals surface area contributed by atoms with Gasteiger partial charge in [-0.05, 0) is 48.9 Å². The quantitative estimate of drug-likeness (QED) is 0.381. The van der Waals surface area contributed by atoms with Crippen molar-refractivity contribution in [2.24, 2.45) is 0 Å². The van der Waals surface area contributed by atoms with Gasteiger partial charge in [0.25, 0.3) is 5.91 Å². The van der Waals surface area contributed by atoms with Crippen molar-refractivity contribution in [2.45, 2.75) is 24.1 Å². The molecule has 4 rings (SSSR count). The van der Waals surface area contributed by atoms with Gasteiger partial charge in [0, 0.05) is 5.69 Å². The standard InChI is InChI=1S/C26H23NO4S/c1-20-12-14-22(15-13-20)27(18-21-8-4-2-5-9-21)26(28)25-17-16-23(31-25)19-32(29,30)24-10-6-3-7-11-24/h2-17H,18-19H2,1H3. The maximum absolute atomic E-state index is 13.4. The number of sulfone groups is 1. The first-order valence-corrected chi connectivity index (χ1v) is 11.9. The number of carbonyl (C=O) groups excluding carboxylic acids is 1. The van der Waals surface area contributed by atoms with Crippen molar-refractivity contribution < 1.29 is 17.6 Å². The van der Waals surface area contributed by atoms with Crippen LogP contribution in [0.15, 0.2) is 106 Å². The van der Waals surface area contributed by atoms with Crippen molar-refractivity contribution in [1.29, 1.82) is 0 Å². The molecule has 0 spiro atoms. The van der Waals surface area contributed by atoms with Crippen LogP contribution in [0.5, 0.6) is 0 Å². The molecule has 0 atom stereocenters. The molecular weight excluding hydrogens is 422 g/mol. The van der Waals surface area contributed by atoms with Crippen molar-refractivity contribution >= 4 is 21.4 Å². The van der Waals surface area contributed by atoms with E-state index in [1.807, 2.05) is 61.5 Å². The van der Waals surface area contributed by atoms with E-state index in [1.165, 1.54) is 6.07 Å². The predicted molar refractivity (Wildman–Crippen MR) is 124 cm³/mol. The highest BCUT2D eigenvalue weighted by Gasteiger charge is 2.23. The van der Waals surface area contributed by atoms with E-state index in [9.17, 15) is 13.2 Å². The summed E-state index contributed by atoms with van der Waals surface area (Å²) >= 11 is 0. The van der Waals surface area contributed by atoms with Crippen molar-refractivity contribution in [3.63, 3.8) is 0 Å². The number of amides is 1. The minimum absolute atomic E-state index is 0.0970. The van der Waals surface area contributed by atoms with Gasteiger partial charge >= 0.3 is 0 Å². The zero-order valence-corrected chi connectivity index (χ0v) is 18.5. The number of hydrogen-bond acceptors (Lipinski definition) is 4. The second-order valence-electron chi connectivity index (χ2n) is 7.55. The van der Waals surface area contributed by atoms with Gasteiger partial charge in [-0.15, -0.1) is 0 Å². The highest BCUT2D eigenvalue weighted by atomic mass is 32.2. The zero-order chi connectivity index (χ0) is 22.6. The topological polar surface area (TPSA) is 67.6 Å². The van der Waals surface area contributed by atoms with Crippen LogP contribution in [0.2, 0.25) is 0 Å². The first-order valence-electron chi connectivity index (χ1n) is 10.2. The zero-order valence-electron chi connectivity index (χ0n) is 17.6. The summed E-state index contributed by atoms with van der Waals surface area (Å²) in [7, 11) is -3.57. The molecule has 5 nitrogen and oxygen atoms in total. The van der Waals surface area contributed by atoms with Gasteiger partial charge in [-0.1, -0.05) is 66.2 Å². The van der Waals surface area contributed by atoms with Crippen LogP contribution >= 0.6 is 0 Å². The summed E-state index contributed by atoms with van der Waals surface area (Å²) < 4.78 is 31.0. The Bertz CT molecular complexity index is 1290. The van der Waals surface area contributed by atoms with E-state index in [0.29, 0.717) is 6.54 Å². The van der Waals surface area contributed by atoms with Crippen molar-refractivity contribution in [3.05, 3.63) is 120 Å². The Balaban J connectivity index is 1.60. The maximum atomic E-state index is 13.4. The Morgan fingerprint density at radius 1 is 0.812 bits per heavy atom. The number of furan rings is 1. The lowest BCUT2D eigenvalue weighted by atomic mass is 10.1. The third kappa shape index (κ3) is 4.98. The molecule has 6 heteroatoms. The van der Waals surface area contributed by atoms with E-state index in [2.05, 4.69) is 0 Å². The highest BCUT2D eigenvalue weighted by Crippen LogP contribution is 2.23. The van der Waals surface area contributed by atoms with Crippen LogP contribution in [-0.4, -0.2) is 14.3 Å². The summed E-state index contributed by atoms with van der Waals surface area (Å²) in [5, 5.41) is 0. The van der Waals surface area contributed by atoms with Crippen LogP contribution in [0.3, 0.4) is 0 Å². The van der Waals surface area contributed by atoms with Crippen LogP contribution in [0.4, 0.5) is 5.69 Å². The lowest BCUT2D eigenvalue weighted by Crippen LogP contribution is -2.30. The van der Waals surface area contributed by atoms with Gasteiger partial charge in [0.15, 0.2) is 15.6 Å². The number of carbonyl (C=O) groups is 1. The number of hydrogen-bond donors (Lipinski definition) is 0. The van der Waals surface area contributed by atoms with Gasteiger partial charge in [0.1, 0.15) is 11.5 Å². The van der Waals surface area contributed by atoms with E-state index in [4.69, 9.17) is 4.42 Å². The molecule has 4 aromatic rings. The Labute approximate surface area is 187 Å². The van der Waals surface area contributed by atoms with E-state index in [1.54, 1.807) is 41.3 Å². The molecule has 0 unspecified atom stereocenters. The Morgan fingerprint density at radius 3 is 2.09 bits per heavy atom. The Kier molecular flexibility index (Phi) is 6.23. The molecule has 0 saturated heterocycles. The largest absolute Gasteiger partial charge is 0.455 e. The fourth-order valence-electron chi connectivity index (χ4n) is 3.37. The van der Waals surface area contributed by atoms with Gasteiger partial charge in [-0.3, -0.25) is 4.79 Å². The summed E-state index contributed by atoms with van der Waals surface area (Å²) in [6, 6.07) is 28.6. The van der Waals surface area contributed by atoms with E-state index in [0.717, 1.165) is 16.8 Å². The SMILES string of the molecule is Cc1ccc(N(Cc2ccccc2)C(=O)c2ccc(CS(=O)(=O)c3ccccc3)o2)cc1. The van der Waals surface area contributed by atoms with Crippen LogP contribution in [0.25, 0.3) is 0 Å². The molecule has 1 aromatic heterocycles. The first-order chi connectivity index (χ1) is 15.4. The molecule has 0 saturated carbocycles. The smallest absolute Gasteiger partial charge is 0.294 e. The third-order valence-corrected chi connectivity index (χ3v) is 6.74. The molecule has 0 aliphatic rings. The van der Waals surface area contributed by atoms with E-state index < -0.39 is 9.84 Å². The normalized spacial score (nSPS) is 11.3. The van der Waals surface area contributed by atoms with Gasteiger partial charge < -0.3 is 9.32 Å².